The number of hydrogen-bond donors (Lipinski definition) is 2. The minimum atomic E-state index is -5.11. The molecular weight excluding hydrogens is 339 g/mol. The topological polar surface area (TPSA) is 92.5 Å². The van der Waals surface area contributed by atoms with Crippen LogP contribution in [0.2, 0.25) is 0 Å². The molecule has 140 valence electrons. The van der Waals surface area contributed by atoms with Gasteiger partial charge in [-0.1, -0.05) is 19.9 Å². The van der Waals surface area contributed by atoms with Crippen LogP contribution >= 0.6 is 0 Å². The van der Waals surface area contributed by atoms with E-state index >= 15 is 0 Å². The van der Waals surface area contributed by atoms with Gasteiger partial charge < -0.3 is 16.0 Å². The number of carbonyl (C=O) groups excluding carboxylic acids is 3. The third-order valence-electron chi connectivity index (χ3n) is 3.71. The summed E-state index contributed by atoms with van der Waals surface area (Å²) >= 11 is 0. The van der Waals surface area contributed by atoms with Crippen LogP contribution in [-0.4, -0.2) is 41.3 Å². The van der Waals surface area contributed by atoms with Crippen LogP contribution in [0.3, 0.4) is 0 Å². The summed E-state index contributed by atoms with van der Waals surface area (Å²) in [6.07, 6.45) is -3.31. The van der Waals surface area contributed by atoms with E-state index in [-0.39, 0.29) is 23.7 Å². The molecule has 9 heteroatoms. The zero-order valence-corrected chi connectivity index (χ0v) is 14.5. The van der Waals surface area contributed by atoms with Crippen molar-refractivity contribution in [1.82, 2.24) is 10.2 Å². The van der Waals surface area contributed by atoms with Gasteiger partial charge in [0.05, 0.1) is 11.7 Å². The molecule has 0 saturated carbocycles. The molecule has 0 aliphatic carbocycles. The van der Waals surface area contributed by atoms with Crippen molar-refractivity contribution in [2.24, 2.45) is 11.7 Å². The highest BCUT2D eigenvalue weighted by atomic mass is 19.4. The summed E-state index contributed by atoms with van der Waals surface area (Å²) in [6, 6.07) is -0.839. The first kappa shape index (κ1) is 20.9. The Bertz CT molecular complexity index is 632. The van der Waals surface area contributed by atoms with E-state index in [1.165, 1.54) is 19.9 Å². The zero-order valence-electron chi connectivity index (χ0n) is 14.5. The lowest BCUT2D eigenvalue weighted by atomic mass is 10.0. The minimum Gasteiger partial charge on any atom is -0.320 e. The summed E-state index contributed by atoms with van der Waals surface area (Å²) < 4.78 is 38.0. The third kappa shape index (κ3) is 4.91. The SMILES string of the molecule is CC(C)=C(NC(=O)C1=CCCN1C(=O)[C@@H](N)C(C)C)C(=O)C(F)(F)F. The molecule has 0 aromatic heterocycles. The summed E-state index contributed by atoms with van der Waals surface area (Å²) in [6.45, 7) is 6.25. The maximum absolute atomic E-state index is 12.7. The maximum atomic E-state index is 12.7. The van der Waals surface area contributed by atoms with Crippen LogP contribution in [0, 0.1) is 5.92 Å². The number of Topliss-reactive ketones (excluding diaryl/α,β-unsaturated/α-hetero) is 1. The average Bonchev–Trinajstić information content (AvgIpc) is 2.98. The normalized spacial score (nSPS) is 15.7. The highest BCUT2D eigenvalue weighted by molar-refractivity contribution is 6.07. The highest BCUT2D eigenvalue weighted by Crippen LogP contribution is 2.23. The van der Waals surface area contributed by atoms with Gasteiger partial charge in [-0.05, 0) is 31.8 Å². The number of halogens is 3. The lowest BCUT2D eigenvalue weighted by Crippen LogP contribution is -2.47. The summed E-state index contributed by atoms with van der Waals surface area (Å²) in [5.41, 5.74) is 4.86. The quantitative estimate of drug-likeness (QED) is 0.728. The fourth-order valence-corrected chi connectivity index (χ4v) is 2.20. The van der Waals surface area contributed by atoms with Gasteiger partial charge in [0.25, 0.3) is 11.7 Å². The second-order valence-electron chi connectivity index (χ2n) is 6.29. The van der Waals surface area contributed by atoms with E-state index in [1.807, 2.05) is 5.32 Å². The Balaban J connectivity index is 3.01. The van der Waals surface area contributed by atoms with Crippen LogP contribution < -0.4 is 11.1 Å². The zero-order chi connectivity index (χ0) is 19.5. The van der Waals surface area contributed by atoms with Crippen LogP contribution in [0.4, 0.5) is 13.2 Å². The Morgan fingerprint density at radius 1 is 1.24 bits per heavy atom. The van der Waals surface area contributed by atoms with E-state index in [9.17, 15) is 27.6 Å². The van der Waals surface area contributed by atoms with Gasteiger partial charge in [-0.15, -0.1) is 0 Å². The number of hydrogen-bond acceptors (Lipinski definition) is 4. The largest absolute Gasteiger partial charge is 0.456 e. The van der Waals surface area contributed by atoms with Crippen molar-refractivity contribution in [2.45, 2.75) is 46.3 Å². The van der Waals surface area contributed by atoms with Gasteiger partial charge in [-0.3, -0.25) is 14.4 Å². The molecule has 0 aromatic rings. The van der Waals surface area contributed by atoms with Crippen molar-refractivity contribution in [3.8, 4) is 0 Å². The number of rotatable bonds is 5. The number of nitrogens with two attached hydrogens (primary N) is 1. The molecule has 0 saturated heterocycles. The van der Waals surface area contributed by atoms with Gasteiger partial charge in [0.15, 0.2) is 0 Å². The van der Waals surface area contributed by atoms with E-state index in [0.29, 0.717) is 6.42 Å². The van der Waals surface area contributed by atoms with Gasteiger partial charge in [-0.2, -0.15) is 13.2 Å². The molecule has 1 aliphatic rings. The predicted octanol–water partition coefficient (Wildman–Crippen LogP) is 1.63. The molecule has 1 rings (SSSR count). The number of allylic oxidation sites excluding steroid dienone is 2. The van der Waals surface area contributed by atoms with Crippen molar-refractivity contribution in [3.05, 3.63) is 23.0 Å². The lowest BCUT2D eigenvalue weighted by Gasteiger charge is -2.25. The Morgan fingerprint density at radius 2 is 1.80 bits per heavy atom. The highest BCUT2D eigenvalue weighted by Gasteiger charge is 2.42. The Morgan fingerprint density at radius 3 is 2.24 bits per heavy atom. The second kappa shape index (κ2) is 7.81. The Kier molecular flexibility index (Phi) is 6.53. The van der Waals surface area contributed by atoms with Gasteiger partial charge in [0.1, 0.15) is 5.70 Å². The maximum Gasteiger partial charge on any atom is 0.456 e. The second-order valence-corrected chi connectivity index (χ2v) is 6.29. The van der Waals surface area contributed by atoms with Crippen molar-refractivity contribution >= 4 is 17.6 Å². The molecule has 0 radical (unpaired) electrons. The van der Waals surface area contributed by atoms with Crippen molar-refractivity contribution in [3.63, 3.8) is 0 Å². The van der Waals surface area contributed by atoms with E-state index in [4.69, 9.17) is 5.73 Å². The first-order valence-electron chi connectivity index (χ1n) is 7.75. The third-order valence-corrected chi connectivity index (χ3v) is 3.71. The monoisotopic (exact) mass is 361 g/mol. The molecule has 25 heavy (non-hydrogen) atoms. The van der Waals surface area contributed by atoms with E-state index in [2.05, 4.69) is 0 Å². The molecule has 1 atom stereocenters. The molecule has 0 aromatic carbocycles. The van der Waals surface area contributed by atoms with Gasteiger partial charge >= 0.3 is 6.18 Å². The molecule has 1 aliphatic heterocycles. The summed E-state index contributed by atoms with van der Waals surface area (Å²) in [4.78, 5) is 37.3. The Hall–Kier alpha value is -2.16. The number of nitrogens with one attached hydrogen (secondary N) is 1. The smallest absolute Gasteiger partial charge is 0.320 e. The first-order valence-corrected chi connectivity index (χ1v) is 7.75. The van der Waals surface area contributed by atoms with Gasteiger partial charge in [0.2, 0.25) is 5.91 Å². The molecule has 2 amide bonds. The molecule has 6 nitrogen and oxygen atoms in total. The van der Waals surface area contributed by atoms with Gasteiger partial charge in [-0.25, -0.2) is 0 Å². The van der Waals surface area contributed by atoms with Crippen LogP contribution in [0.5, 0.6) is 0 Å². The fourth-order valence-electron chi connectivity index (χ4n) is 2.20. The molecule has 0 fully saturated rings. The van der Waals surface area contributed by atoms with Gasteiger partial charge in [0, 0.05) is 6.54 Å². The van der Waals surface area contributed by atoms with E-state index in [0.717, 1.165) is 4.90 Å². The minimum absolute atomic E-state index is 0.00558. The van der Waals surface area contributed by atoms with Crippen LogP contribution in [-0.2, 0) is 14.4 Å². The summed E-state index contributed by atoms with van der Waals surface area (Å²) in [5, 5.41) is 1.99. The molecule has 0 bridgehead atoms. The summed E-state index contributed by atoms with van der Waals surface area (Å²) in [5.74, 6) is -3.75. The first-order chi connectivity index (χ1) is 11.4. The standard InChI is InChI=1S/C16H22F3N3O3/c1-8(2)11(20)15(25)22-7-5-6-10(22)14(24)21-12(9(3)4)13(23)16(17,18)19/h6,8,11H,5,7,20H2,1-4H3,(H,21,24)/t11-/m0/s1. The number of ketones is 1. The van der Waals surface area contributed by atoms with Crippen LogP contribution in [0.15, 0.2) is 23.0 Å². The lowest BCUT2D eigenvalue weighted by molar-refractivity contribution is -0.167. The van der Waals surface area contributed by atoms with E-state index < -0.39 is 35.5 Å². The van der Waals surface area contributed by atoms with Crippen molar-refractivity contribution in [2.75, 3.05) is 6.54 Å². The molecule has 0 unspecified atom stereocenters. The fraction of sp³-hybridized carbons (Fsp3) is 0.562. The number of carbonyl (C=O) groups is 3. The van der Waals surface area contributed by atoms with Crippen LogP contribution in [0.25, 0.3) is 0 Å². The van der Waals surface area contributed by atoms with E-state index in [1.54, 1.807) is 13.8 Å². The van der Waals surface area contributed by atoms with Crippen LogP contribution in [0.1, 0.15) is 34.1 Å². The Labute approximate surface area is 143 Å². The number of alkyl halides is 3. The number of nitrogens with zero attached hydrogens (tertiary/aromatic N) is 1. The van der Waals surface area contributed by atoms with Crippen molar-refractivity contribution in [1.29, 1.82) is 0 Å². The molecule has 3 N–H and O–H groups in total. The average molecular weight is 361 g/mol. The number of amides is 2. The molecular formula is C16H22F3N3O3. The predicted molar refractivity (Wildman–Crippen MR) is 84.8 cm³/mol. The van der Waals surface area contributed by atoms with Crippen molar-refractivity contribution < 1.29 is 27.6 Å². The molecule has 1 heterocycles. The summed E-state index contributed by atoms with van der Waals surface area (Å²) in [7, 11) is 0. The molecule has 0 spiro atoms.